The Balaban J connectivity index is 4.27. The predicted octanol–water partition coefficient (Wildman–Crippen LogP) is 11.1. The number of esters is 2. The average molecular weight is 737 g/mol. The van der Waals surface area contributed by atoms with Crippen LogP contribution in [0.2, 0.25) is 0 Å². The Morgan fingerprint density at radius 3 is 1.43 bits per heavy atom. The molecule has 51 heavy (non-hydrogen) atoms. The molecule has 0 spiro atoms. The highest BCUT2D eigenvalue weighted by Gasteiger charge is 2.13. The highest BCUT2D eigenvalue weighted by Crippen LogP contribution is 2.13. The number of unbranched alkanes of at least 4 members (excludes halogenated alkanes) is 16. The van der Waals surface area contributed by atoms with E-state index < -0.39 is 0 Å². The van der Waals surface area contributed by atoms with Crippen molar-refractivity contribution in [3.8, 4) is 0 Å². The van der Waals surface area contributed by atoms with Crippen molar-refractivity contribution in [3.63, 3.8) is 0 Å². The molecule has 0 aliphatic carbocycles. The molecule has 1 amide bonds. The standard InChI is InChI=1S/C43H80N2O5S/c1-5-9-11-13-15-23-29-37-49-42(47)32-25-19-17-21-27-35-45(41(46)40-51-39-31-34-44(7-3)8-4)36-28-22-18-20-26-33-43(48)50-38-30-24-16-14-12-10-6-2/h23-24,29-30H,5-22,25-28,31-40H2,1-4H3/b29-23-,30-24-. The maximum Gasteiger partial charge on any atom is 0.306 e. The first-order valence-electron chi connectivity index (χ1n) is 21.2. The Morgan fingerprint density at radius 2 is 0.961 bits per heavy atom. The molecule has 0 aliphatic rings. The average Bonchev–Trinajstić information content (AvgIpc) is 3.13. The number of thioether (sulfide) groups is 1. The lowest BCUT2D eigenvalue weighted by molar-refractivity contribution is -0.143. The molecule has 0 saturated carbocycles. The van der Waals surface area contributed by atoms with Crippen LogP contribution in [0.15, 0.2) is 24.3 Å². The summed E-state index contributed by atoms with van der Waals surface area (Å²) in [6.07, 6.45) is 32.5. The predicted molar refractivity (Wildman–Crippen MR) is 219 cm³/mol. The Kier molecular flexibility index (Phi) is 38.0. The van der Waals surface area contributed by atoms with E-state index in [1.165, 1.54) is 51.4 Å². The number of nitrogens with zero attached hydrogens (tertiary/aromatic N) is 2. The van der Waals surface area contributed by atoms with Crippen LogP contribution in [0.25, 0.3) is 0 Å². The molecule has 0 heterocycles. The molecule has 0 aromatic rings. The highest BCUT2D eigenvalue weighted by molar-refractivity contribution is 7.99. The Morgan fingerprint density at radius 1 is 0.510 bits per heavy atom. The van der Waals surface area contributed by atoms with Crippen LogP contribution >= 0.6 is 11.8 Å². The van der Waals surface area contributed by atoms with Gasteiger partial charge in [0, 0.05) is 25.9 Å². The summed E-state index contributed by atoms with van der Waals surface area (Å²) in [7, 11) is 0. The third-order valence-corrected chi connectivity index (χ3v) is 10.3. The van der Waals surface area contributed by atoms with Crippen LogP contribution in [0.3, 0.4) is 0 Å². The lowest BCUT2D eigenvalue weighted by atomic mass is 10.1. The van der Waals surface area contributed by atoms with Gasteiger partial charge in [0.05, 0.1) is 5.75 Å². The third kappa shape index (κ3) is 35.0. The minimum atomic E-state index is -0.104. The van der Waals surface area contributed by atoms with Crippen molar-refractivity contribution in [1.29, 1.82) is 0 Å². The van der Waals surface area contributed by atoms with Gasteiger partial charge in [0.1, 0.15) is 13.2 Å². The van der Waals surface area contributed by atoms with Gasteiger partial charge in [-0.05, 0) is 83.2 Å². The van der Waals surface area contributed by atoms with E-state index in [2.05, 4.69) is 49.6 Å². The van der Waals surface area contributed by atoms with E-state index in [1.54, 1.807) is 11.8 Å². The summed E-state index contributed by atoms with van der Waals surface area (Å²) >= 11 is 1.77. The molecule has 0 aliphatic heterocycles. The van der Waals surface area contributed by atoms with Crippen molar-refractivity contribution in [3.05, 3.63) is 24.3 Å². The number of ether oxygens (including phenoxy) is 2. The fourth-order valence-corrected chi connectivity index (χ4v) is 6.76. The van der Waals surface area contributed by atoms with Gasteiger partial charge in [-0.3, -0.25) is 14.4 Å². The van der Waals surface area contributed by atoms with Crippen molar-refractivity contribution < 1.29 is 23.9 Å². The number of hydrogen-bond acceptors (Lipinski definition) is 7. The third-order valence-electron chi connectivity index (χ3n) is 9.32. The zero-order valence-electron chi connectivity index (χ0n) is 33.8. The number of hydrogen-bond donors (Lipinski definition) is 0. The normalized spacial score (nSPS) is 11.6. The first-order chi connectivity index (χ1) is 25.0. The smallest absolute Gasteiger partial charge is 0.306 e. The van der Waals surface area contributed by atoms with E-state index in [4.69, 9.17) is 9.47 Å². The monoisotopic (exact) mass is 737 g/mol. The molecule has 298 valence electrons. The molecule has 0 unspecified atom stereocenters. The lowest BCUT2D eigenvalue weighted by Gasteiger charge is -2.23. The molecular formula is C43H80N2O5S. The molecule has 0 fully saturated rings. The van der Waals surface area contributed by atoms with Crippen LogP contribution in [-0.4, -0.2) is 85.1 Å². The van der Waals surface area contributed by atoms with Crippen LogP contribution in [0.1, 0.15) is 175 Å². The topological polar surface area (TPSA) is 76.1 Å². The van der Waals surface area contributed by atoms with E-state index in [0.29, 0.717) is 31.8 Å². The van der Waals surface area contributed by atoms with Crippen LogP contribution in [0.4, 0.5) is 0 Å². The van der Waals surface area contributed by atoms with Crippen LogP contribution in [0.5, 0.6) is 0 Å². The zero-order chi connectivity index (χ0) is 37.5. The van der Waals surface area contributed by atoms with Crippen molar-refractivity contribution in [2.24, 2.45) is 0 Å². The van der Waals surface area contributed by atoms with Gasteiger partial charge < -0.3 is 19.3 Å². The molecule has 0 atom stereocenters. The number of rotatable bonds is 38. The number of amides is 1. The fourth-order valence-electron chi connectivity index (χ4n) is 5.92. The summed E-state index contributed by atoms with van der Waals surface area (Å²) in [6, 6.07) is 0. The van der Waals surface area contributed by atoms with Gasteiger partial charge in [0.15, 0.2) is 0 Å². The zero-order valence-corrected chi connectivity index (χ0v) is 34.6. The Hall–Kier alpha value is -1.80. The van der Waals surface area contributed by atoms with Crippen molar-refractivity contribution in [2.45, 2.75) is 175 Å². The van der Waals surface area contributed by atoms with Crippen LogP contribution in [-0.2, 0) is 23.9 Å². The largest absolute Gasteiger partial charge is 0.461 e. The Bertz CT molecular complexity index is 809. The van der Waals surface area contributed by atoms with Gasteiger partial charge in [-0.15, -0.1) is 0 Å². The van der Waals surface area contributed by atoms with E-state index in [1.807, 2.05) is 12.2 Å². The molecule has 0 aromatic carbocycles. The number of allylic oxidation sites excluding steroid dienone is 2. The first-order valence-corrected chi connectivity index (χ1v) is 22.3. The van der Waals surface area contributed by atoms with E-state index in [0.717, 1.165) is 122 Å². The van der Waals surface area contributed by atoms with Crippen LogP contribution < -0.4 is 0 Å². The molecule has 0 aromatic heterocycles. The van der Waals surface area contributed by atoms with Gasteiger partial charge in [-0.2, -0.15) is 11.8 Å². The summed E-state index contributed by atoms with van der Waals surface area (Å²) < 4.78 is 10.7. The number of carbonyl (C=O) groups is 3. The second-order valence-corrected chi connectivity index (χ2v) is 15.0. The molecule has 0 rings (SSSR count). The minimum absolute atomic E-state index is 0.104. The van der Waals surface area contributed by atoms with E-state index in [9.17, 15) is 14.4 Å². The highest BCUT2D eigenvalue weighted by atomic mass is 32.2. The van der Waals surface area contributed by atoms with E-state index in [-0.39, 0.29) is 17.8 Å². The second-order valence-electron chi connectivity index (χ2n) is 13.9. The Labute approximate surface area is 319 Å². The summed E-state index contributed by atoms with van der Waals surface area (Å²) in [4.78, 5) is 41.8. The van der Waals surface area contributed by atoms with Crippen molar-refractivity contribution in [2.75, 3.05) is 57.4 Å². The maximum atomic E-state index is 13.2. The molecule has 0 bridgehead atoms. The van der Waals surface area contributed by atoms with Crippen molar-refractivity contribution >= 4 is 29.6 Å². The second kappa shape index (κ2) is 39.4. The summed E-state index contributed by atoms with van der Waals surface area (Å²) in [6.45, 7) is 14.5. The molecule has 8 heteroatoms. The molecule has 0 N–H and O–H groups in total. The lowest BCUT2D eigenvalue weighted by Crippen LogP contribution is -2.34. The summed E-state index contributed by atoms with van der Waals surface area (Å²) in [5, 5.41) is 0. The van der Waals surface area contributed by atoms with Gasteiger partial charge >= 0.3 is 11.9 Å². The van der Waals surface area contributed by atoms with Crippen LogP contribution in [0, 0.1) is 0 Å². The van der Waals surface area contributed by atoms with Gasteiger partial charge in [0.25, 0.3) is 0 Å². The molecule has 0 radical (unpaired) electrons. The first kappa shape index (κ1) is 49.2. The number of carbonyl (C=O) groups excluding carboxylic acids is 3. The molecular weight excluding hydrogens is 657 g/mol. The quantitative estimate of drug-likeness (QED) is 0.0355. The summed E-state index contributed by atoms with van der Waals surface area (Å²) in [5.74, 6) is 1.63. The summed E-state index contributed by atoms with van der Waals surface area (Å²) in [5.41, 5.74) is 0. The van der Waals surface area contributed by atoms with Gasteiger partial charge in [-0.1, -0.05) is 129 Å². The SMILES string of the molecule is CCCCCC/C=C\COC(=O)CCCCCCCN(CCCCCCCC(=O)OC/C=C\CCCCCC)C(=O)CSCCCN(CC)CC. The van der Waals surface area contributed by atoms with E-state index >= 15 is 0 Å². The minimum Gasteiger partial charge on any atom is -0.461 e. The van der Waals surface area contributed by atoms with Crippen molar-refractivity contribution in [1.82, 2.24) is 9.80 Å². The molecule has 0 saturated heterocycles. The molecule has 7 nitrogen and oxygen atoms in total. The van der Waals surface area contributed by atoms with Gasteiger partial charge in [-0.25, -0.2) is 0 Å². The van der Waals surface area contributed by atoms with Gasteiger partial charge in [0.2, 0.25) is 5.91 Å². The fraction of sp³-hybridized carbons (Fsp3) is 0.837. The maximum absolute atomic E-state index is 13.2.